The fraction of sp³-hybridized carbons (Fsp3) is 0.571. The van der Waals surface area contributed by atoms with E-state index in [1.54, 1.807) is 0 Å². The molecule has 1 aromatic carbocycles. The van der Waals surface area contributed by atoms with Gasteiger partial charge in [-0.05, 0) is 30.4 Å². The fourth-order valence-electron chi connectivity index (χ4n) is 2.36. The van der Waals surface area contributed by atoms with E-state index < -0.39 is 22.4 Å². The van der Waals surface area contributed by atoms with E-state index in [4.69, 9.17) is 16.7 Å². The summed E-state index contributed by atoms with van der Waals surface area (Å²) >= 11 is 5.70. The molecule has 0 aromatic heterocycles. The molecule has 0 atom stereocenters. The van der Waals surface area contributed by atoms with Crippen LogP contribution in [0.3, 0.4) is 0 Å². The van der Waals surface area contributed by atoms with Gasteiger partial charge in [0.2, 0.25) is 10.0 Å². The molecule has 21 heavy (non-hydrogen) atoms. The van der Waals surface area contributed by atoms with Gasteiger partial charge in [-0.2, -0.15) is 4.31 Å². The highest BCUT2D eigenvalue weighted by atomic mass is 35.5. The van der Waals surface area contributed by atoms with Gasteiger partial charge in [0.25, 0.3) is 0 Å². The number of hydrogen-bond donors (Lipinski definition) is 1. The maximum absolute atomic E-state index is 13.7. The number of aliphatic hydroxyl groups excluding tert-OH is 1. The molecule has 118 valence electrons. The Morgan fingerprint density at radius 2 is 1.90 bits per heavy atom. The van der Waals surface area contributed by atoms with Crippen LogP contribution in [0.4, 0.5) is 4.39 Å². The lowest BCUT2D eigenvalue weighted by molar-refractivity contribution is 0.196. The second-order valence-electron chi connectivity index (χ2n) is 6.10. The number of sulfonamides is 1. The maximum atomic E-state index is 13.7. The predicted molar refractivity (Wildman–Crippen MR) is 79.1 cm³/mol. The molecule has 0 radical (unpaired) electrons. The molecule has 0 unspecified atom stereocenters. The van der Waals surface area contributed by atoms with Gasteiger partial charge in [-0.15, -0.1) is 0 Å². The first-order valence-corrected chi connectivity index (χ1v) is 8.58. The van der Waals surface area contributed by atoms with Crippen molar-refractivity contribution in [2.24, 2.45) is 5.41 Å². The van der Waals surface area contributed by atoms with Crippen molar-refractivity contribution in [1.82, 2.24) is 4.31 Å². The van der Waals surface area contributed by atoms with E-state index in [1.807, 2.05) is 0 Å². The summed E-state index contributed by atoms with van der Waals surface area (Å²) in [6.45, 7) is 4.51. The highest BCUT2D eigenvalue weighted by Gasteiger charge is 2.33. The molecule has 1 fully saturated rings. The molecule has 2 rings (SSSR count). The second-order valence-corrected chi connectivity index (χ2v) is 8.42. The molecule has 1 saturated heterocycles. The zero-order chi connectivity index (χ0) is 15.8. The predicted octanol–water partition coefficient (Wildman–Crippen LogP) is 2.78. The SMILES string of the molecule is CC1(C)CCN(S(=O)(=O)c2cc(F)c(Cl)c(CO)c2)CC1. The van der Waals surface area contributed by atoms with Crippen molar-refractivity contribution in [3.05, 3.63) is 28.5 Å². The second kappa shape index (κ2) is 5.83. The molecule has 0 spiro atoms. The van der Waals surface area contributed by atoms with Crippen molar-refractivity contribution >= 4 is 21.6 Å². The van der Waals surface area contributed by atoms with E-state index in [1.165, 1.54) is 10.4 Å². The van der Waals surface area contributed by atoms with Gasteiger partial charge in [0, 0.05) is 18.7 Å². The zero-order valence-corrected chi connectivity index (χ0v) is 13.6. The molecular formula is C14H19ClFNO3S. The van der Waals surface area contributed by atoms with E-state index >= 15 is 0 Å². The number of benzene rings is 1. The molecule has 1 aliphatic rings. The quantitative estimate of drug-likeness (QED) is 0.924. The van der Waals surface area contributed by atoms with E-state index in [0.717, 1.165) is 18.9 Å². The van der Waals surface area contributed by atoms with Crippen LogP contribution in [-0.2, 0) is 16.6 Å². The molecular weight excluding hydrogens is 317 g/mol. The van der Waals surface area contributed by atoms with Crippen LogP contribution in [0.1, 0.15) is 32.3 Å². The summed E-state index contributed by atoms with van der Waals surface area (Å²) in [6, 6.07) is 2.15. The van der Waals surface area contributed by atoms with Crippen LogP contribution in [0.5, 0.6) is 0 Å². The van der Waals surface area contributed by atoms with Crippen LogP contribution < -0.4 is 0 Å². The Balaban J connectivity index is 2.35. The first-order valence-electron chi connectivity index (χ1n) is 6.76. The Kier molecular flexibility index (Phi) is 4.63. The third-order valence-corrected chi connectivity index (χ3v) is 6.26. The topological polar surface area (TPSA) is 57.6 Å². The van der Waals surface area contributed by atoms with Crippen molar-refractivity contribution in [1.29, 1.82) is 0 Å². The lowest BCUT2D eigenvalue weighted by Crippen LogP contribution is -2.41. The number of hydrogen-bond acceptors (Lipinski definition) is 3. The number of rotatable bonds is 3. The van der Waals surface area contributed by atoms with E-state index in [2.05, 4.69) is 13.8 Å². The Hall–Kier alpha value is -0.690. The van der Waals surface area contributed by atoms with Gasteiger partial charge in [0.15, 0.2) is 0 Å². The number of piperidine rings is 1. The lowest BCUT2D eigenvalue weighted by Gasteiger charge is -2.36. The molecule has 1 heterocycles. The average Bonchev–Trinajstić information content (AvgIpc) is 2.41. The van der Waals surface area contributed by atoms with Crippen LogP contribution >= 0.6 is 11.6 Å². The van der Waals surface area contributed by atoms with Crippen LogP contribution in [-0.4, -0.2) is 30.9 Å². The minimum Gasteiger partial charge on any atom is -0.392 e. The minimum absolute atomic E-state index is 0.0765. The molecule has 7 heteroatoms. The molecule has 0 aliphatic carbocycles. The smallest absolute Gasteiger partial charge is 0.243 e. The molecule has 4 nitrogen and oxygen atoms in total. The summed E-state index contributed by atoms with van der Waals surface area (Å²) in [5.74, 6) is -0.834. The van der Waals surface area contributed by atoms with E-state index in [-0.39, 0.29) is 20.9 Å². The third-order valence-electron chi connectivity index (χ3n) is 3.96. The molecule has 0 amide bonds. The van der Waals surface area contributed by atoms with Crippen molar-refractivity contribution in [3.63, 3.8) is 0 Å². The van der Waals surface area contributed by atoms with E-state index in [0.29, 0.717) is 13.1 Å². The summed E-state index contributed by atoms with van der Waals surface area (Å²) in [4.78, 5) is -0.159. The largest absolute Gasteiger partial charge is 0.392 e. The van der Waals surface area contributed by atoms with Gasteiger partial charge in [-0.25, -0.2) is 12.8 Å². The summed E-state index contributed by atoms with van der Waals surface area (Å²) in [6.07, 6.45) is 1.52. The summed E-state index contributed by atoms with van der Waals surface area (Å²) in [7, 11) is -3.76. The fourth-order valence-corrected chi connectivity index (χ4v) is 4.04. The molecule has 1 N–H and O–H groups in total. The van der Waals surface area contributed by atoms with E-state index in [9.17, 15) is 12.8 Å². The Bertz CT molecular complexity index is 636. The molecule has 0 bridgehead atoms. The molecule has 0 saturated carbocycles. The monoisotopic (exact) mass is 335 g/mol. The minimum atomic E-state index is -3.76. The molecule has 1 aliphatic heterocycles. The average molecular weight is 336 g/mol. The first-order chi connectivity index (χ1) is 9.67. The van der Waals surface area contributed by atoms with Gasteiger partial charge in [-0.3, -0.25) is 0 Å². The van der Waals surface area contributed by atoms with Gasteiger partial charge in [0.1, 0.15) is 5.82 Å². The van der Waals surface area contributed by atoms with Gasteiger partial charge < -0.3 is 5.11 Å². The first kappa shape index (κ1) is 16.7. The number of nitrogens with zero attached hydrogens (tertiary/aromatic N) is 1. The zero-order valence-electron chi connectivity index (χ0n) is 12.1. The van der Waals surface area contributed by atoms with Crippen LogP contribution in [0, 0.1) is 11.2 Å². The van der Waals surface area contributed by atoms with Crippen LogP contribution in [0.2, 0.25) is 5.02 Å². The van der Waals surface area contributed by atoms with Gasteiger partial charge in [0.05, 0.1) is 16.5 Å². The Labute approximate surface area is 129 Å². The summed E-state index contributed by atoms with van der Waals surface area (Å²) < 4.78 is 40.2. The van der Waals surface area contributed by atoms with Gasteiger partial charge >= 0.3 is 0 Å². The molecule has 1 aromatic rings. The number of halogens is 2. The number of aliphatic hydroxyl groups is 1. The highest BCUT2D eigenvalue weighted by molar-refractivity contribution is 7.89. The van der Waals surface area contributed by atoms with Crippen molar-refractivity contribution in [2.75, 3.05) is 13.1 Å². The normalized spacial score (nSPS) is 19.7. The van der Waals surface area contributed by atoms with Crippen LogP contribution in [0.15, 0.2) is 17.0 Å². The Morgan fingerprint density at radius 1 is 1.33 bits per heavy atom. The van der Waals surface area contributed by atoms with Gasteiger partial charge in [-0.1, -0.05) is 25.4 Å². The third kappa shape index (κ3) is 3.39. The van der Waals surface area contributed by atoms with Crippen molar-refractivity contribution in [3.8, 4) is 0 Å². The summed E-state index contributed by atoms with van der Waals surface area (Å²) in [5, 5.41) is 8.91. The summed E-state index contributed by atoms with van der Waals surface area (Å²) in [5.41, 5.74) is 0.195. The maximum Gasteiger partial charge on any atom is 0.243 e. The van der Waals surface area contributed by atoms with Crippen molar-refractivity contribution < 1.29 is 17.9 Å². The van der Waals surface area contributed by atoms with Crippen molar-refractivity contribution in [2.45, 2.75) is 38.2 Å². The standard InChI is InChI=1S/C14H19ClFNO3S/c1-14(2)3-5-17(6-4-14)21(19,20)11-7-10(9-18)13(15)12(16)8-11/h7-8,18H,3-6,9H2,1-2H3. The lowest BCUT2D eigenvalue weighted by atomic mass is 9.83. The van der Waals surface area contributed by atoms with Crippen LogP contribution in [0.25, 0.3) is 0 Å². The highest BCUT2D eigenvalue weighted by Crippen LogP contribution is 2.33. The Morgan fingerprint density at radius 3 is 2.43 bits per heavy atom.